The van der Waals surface area contributed by atoms with Crippen molar-refractivity contribution < 1.29 is 4.79 Å². The summed E-state index contributed by atoms with van der Waals surface area (Å²) >= 11 is 0. The highest BCUT2D eigenvalue weighted by Crippen LogP contribution is 2.38. The molecule has 2 heterocycles. The second-order valence-corrected chi connectivity index (χ2v) is 13.1. The van der Waals surface area contributed by atoms with Crippen molar-refractivity contribution >= 4 is 5.91 Å². The van der Waals surface area contributed by atoms with Crippen LogP contribution in [0.1, 0.15) is 138 Å². The first-order valence-corrected chi connectivity index (χ1v) is 16.8. The minimum Gasteiger partial charge on any atom is -0.340 e. The molecule has 2 aromatic rings. The van der Waals surface area contributed by atoms with E-state index in [4.69, 9.17) is 0 Å². The van der Waals surface area contributed by atoms with Crippen molar-refractivity contribution in [2.75, 3.05) is 32.7 Å². The molecule has 4 heteroatoms. The van der Waals surface area contributed by atoms with E-state index >= 15 is 0 Å². The first-order chi connectivity index (χ1) is 19.8. The molecule has 226 valence electrons. The van der Waals surface area contributed by atoms with Crippen LogP contribution in [0.15, 0.2) is 42.5 Å². The van der Waals surface area contributed by atoms with E-state index in [1.807, 2.05) is 0 Å². The number of amides is 1. The average Bonchev–Trinajstić information content (AvgIpc) is 3.44. The molecule has 2 aromatic carbocycles. The Balaban J connectivity index is 1.64. The van der Waals surface area contributed by atoms with Crippen molar-refractivity contribution in [1.29, 1.82) is 0 Å². The Morgan fingerprint density at radius 2 is 1.39 bits per heavy atom. The zero-order valence-electron chi connectivity index (χ0n) is 26.9. The van der Waals surface area contributed by atoms with E-state index in [9.17, 15) is 4.79 Å². The Morgan fingerprint density at radius 3 is 1.98 bits per heavy atom. The summed E-state index contributed by atoms with van der Waals surface area (Å²) in [5.41, 5.74) is 7.38. The summed E-state index contributed by atoms with van der Waals surface area (Å²) in [7, 11) is 0. The summed E-state index contributed by atoms with van der Waals surface area (Å²) < 4.78 is 0. The fraction of sp³-hybridized carbons (Fsp3) is 0.649. The van der Waals surface area contributed by atoms with E-state index in [-0.39, 0.29) is 0 Å². The Kier molecular flexibility index (Phi) is 11.9. The number of carbonyl (C=O) groups excluding carboxylic acids is 1. The van der Waals surface area contributed by atoms with Crippen molar-refractivity contribution in [2.45, 2.75) is 123 Å². The lowest BCUT2D eigenvalue weighted by Gasteiger charge is -2.33. The van der Waals surface area contributed by atoms with Gasteiger partial charge >= 0.3 is 0 Å². The second-order valence-electron chi connectivity index (χ2n) is 13.1. The van der Waals surface area contributed by atoms with Crippen molar-refractivity contribution in [1.82, 2.24) is 15.1 Å². The SMILES string of the molecule is CCC(C)c1ccc(C(C)CC(CC(CC)N2CCCC2=O)c2ccc(C(C)CC)c(CN3CCNCC3)c2)cc1. The first kappa shape index (κ1) is 31.8. The maximum atomic E-state index is 12.8. The molecule has 5 unspecified atom stereocenters. The lowest BCUT2D eigenvalue weighted by atomic mass is 9.80. The Hall–Kier alpha value is -2.17. The van der Waals surface area contributed by atoms with Gasteiger partial charge in [-0.1, -0.05) is 84.0 Å². The number of nitrogens with one attached hydrogen (secondary N) is 1. The topological polar surface area (TPSA) is 35.6 Å². The van der Waals surface area contributed by atoms with E-state index in [0.717, 1.165) is 77.8 Å². The van der Waals surface area contributed by atoms with Gasteiger partial charge in [0, 0.05) is 51.7 Å². The molecule has 2 saturated heterocycles. The Morgan fingerprint density at radius 1 is 0.756 bits per heavy atom. The van der Waals surface area contributed by atoms with Gasteiger partial charge in [-0.2, -0.15) is 0 Å². The van der Waals surface area contributed by atoms with E-state index in [2.05, 4.69) is 99.1 Å². The molecule has 1 amide bonds. The van der Waals surface area contributed by atoms with Crippen LogP contribution >= 0.6 is 0 Å². The molecule has 41 heavy (non-hydrogen) atoms. The molecule has 4 rings (SSSR count). The molecule has 0 radical (unpaired) electrons. The van der Waals surface area contributed by atoms with Crippen LogP contribution in [-0.4, -0.2) is 54.5 Å². The summed E-state index contributed by atoms with van der Waals surface area (Å²) in [6, 6.07) is 17.2. The zero-order chi connectivity index (χ0) is 29.4. The van der Waals surface area contributed by atoms with E-state index in [1.54, 1.807) is 0 Å². The molecule has 0 spiro atoms. The number of nitrogens with zero attached hydrogens (tertiary/aromatic N) is 2. The predicted molar refractivity (Wildman–Crippen MR) is 174 cm³/mol. The van der Waals surface area contributed by atoms with Crippen LogP contribution in [0.5, 0.6) is 0 Å². The normalized spacial score (nSPS) is 20.1. The van der Waals surface area contributed by atoms with Crippen LogP contribution in [0.2, 0.25) is 0 Å². The molecule has 5 atom stereocenters. The van der Waals surface area contributed by atoms with Crippen LogP contribution < -0.4 is 5.32 Å². The van der Waals surface area contributed by atoms with Gasteiger partial charge in [-0.3, -0.25) is 9.69 Å². The fourth-order valence-corrected chi connectivity index (χ4v) is 7.05. The summed E-state index contributed by atoms with van der Waals surface area (Å²) in [5.74, 6) is 2.41. The molecule has 0 saturated carbocycles. The third-order valence-corrected chi connectivity index (χ3v) is 10.3. The summed E-state index contributed by atoms with van der Waals surface area (Å²) in [6.07, 6.45) is 7.25. The van der Waals surface area contributed by atoms with Crippen molar-refractivity contribution in [2.24, 2.45) is 0 Å². The Bertz CT molecular complexity index is 1090. The maximum absolute atomic E-state index is 12.8. The number of hydrogen-bond donors (Lipinski definition) is 1. The molecule has 0 aromatic heterocycles. The van der Waals surface area contributed by atoms with Gasteiger partial charge < -0.3 is 10.2 Å². The first-order valence-electron chi connectivity index (χ1n) is 16.8. The van der Waals surface area contributed by atoms with Gasteiger partial charge in [-0.25, -0.2) is 0 Å². The molecular weight excluding hydrogens is 502 g/mol. The van der Waals surface area contributed by atoms with Gasteiger partial charge in [-0.05, 0) is 90.0 Å². The molecule has 0 aliphatic carbocycles. The summed E-state index contributed by atoms with van der Waals surface area (Å²) in [6.45, 7) is 20.3. The number of likely N-dealkylation sites (tertiary alicyclic amines) is 1. The van der Waals surface area contributed by atoms with Crippen LogP contribution in [0, 0.1) is 0 Å². The number of piperazine rings is 1. The van der Waals surface area contributed by atoms with Gasteiger partial charge in [0.2, 0.25) is 5.91 Å². The second kappa shape index (κ2) is 15.3. The molecule has 0 bridgehead atoms. The fourth-order valence-electron chi connectivity index (χ4n) is 7.05. The average molecular weight is 560 g/mol. The van der Waals surface area contributed by atoms with Crippen LogP contribution in [0.4, 0.5) is 0 Å². The van der Waals surface area contributed by atoms with Gasteiger partial charge in [0.15, 0.2) is 0 Å². The quantitative estimate of drug-likeness (QED) is 0.253. The smallest absolute Gasteiger partial charge is 0.222 e. The molecule has 2 aliphatic rings. The lowest BCUT2D eigenvalue weighted by Crippen LogP contribution is -2.43. The highest BCUT2D eigenvalue weighted by Gasteiger charge is 2.30. The summed E-state index contributed by atoms with van der Waals surface area (Å²) in [4.78, 5) is 17.6. The summed E-state index contributed by atoms with van der Waals surface area (Å²) in [5, 5.41) is 3.51. The van der Waals surface area contributed by atoms with Crippen molar-refractivity contribution in [3.63, 3.8) is 0 Å². The number of hydrogen-bond acceptors (Lipinski definition) is 3. The van der Waals surface area contributed by atoms with Crippen LogP contribution in [-0.2, 0) is 11.3 Å². The van der Waals surface area contributed by atoms with Gasteiger partial charge in [0.25, 0.3) is 0 Å². The molecule has 1 N–H and O–H groups in total. The molecule has 4 nitrogen and oxygen atoms in total. The molecule has 2 fully saturated rings. The molecular formula is C37H57N3O. The number of benzene rings is 2. The highest BCUT2D eigenvalue weighted by molar-refractivity contribution is 5.78. The number of carbonyl (C=O) groups is 1. The standard InChI is InChI=1S/C37H57N3O/c1-7-27(4)30-12-14-31(15-13-30)29(6)23-33(25-35(9-3)40-20-10-11-37(40)41)32-16-17-36(28(5)8-2)34(24-32)26-39-21-18-38-19-22-39/h12-17,24,27-29,33,35,38H,7-11,18-23,25-26H2,1-6H3. The Labute approximate surface area is 251 Å². The van der Waals surface area contributed by atoms with Gasteiger partial charge in [0.05, 0.1) is 0 Å². The zero-order valence-corrected chi connectivity index (χ0v) is 26.9. The lowest BCUT2D eigenvalue weighted by molar-refractivity contribution is -0.129. The largest absolute Gasteiger partial charge is 0.340 e. The number of rotatable bonds is 14. The maximum Gasteiger partial charge on any atom is 0.222 e. The van der Waals surface area contributed by atoms with Gasteiger partial charge in [0.1, 0.15) is 0 Å². The van der Waals surface area contributed by atoms with Crippen LogP contribution in [0.3, 0.4) is 0 Å². The van der Waals surface area contributed by atoms with E-state index in [0.29, 0.717) is 35.6 Å². The van der Waals surface area contributed by atoms with E-state index in [1.165, 1.54) is 34.2 Å². The minimum atomic E-state index is 0.320. The van der Waals surface area contributed by atoms with Gasteiger partial charge in [-0.15, -0.1) is 0 Å². The third-order valence-electron chi connectivity index (χ3n) is 10.3. The highest BCUT2D eigenvalue weighted by atomic mass is 16.2. The minimum absolute atomic E-state index is 0.320. The monoisotopic (exact) mass is 559 g/mol. The van der Waals surface area contributed by atoms with Crippen LogP contribution in [0.25, 0.3) is 0 Å². The van der Waals surface area contributed by atoms with E-state index < -0.39 is 0 Å². The molecule has 2 aliphatic heterocycles. The van der Waals surface area contributed by atoms with Crippen molar-refractivity contribution in [3.8, 4) is 0 Å². The third kappa shape index (κ3) is 8.23. The van der Waals surface area contributed by atoms with Crippen molar-refractivity contribution in [3.05, 3.63) is 70.3 Å². The predicted octanol–water partition coefficient (Wildman–Crippen LogP) is 8.19.